The van der Waals surface area contributed by atoms with E-state index in [1.165, 1.54) is 5.56 Å². The number of carbonyl (C=O) groups is 1. The fraction of sp³-hybridized carbons (Fsp3) is 0.412. The Bertz CT molecular complexity index is 690. The van der Waals surface area contributed by atoms with Crippen molar-refractivity contribution in [2.45, 2.75) is 39.7 Å². The van der Waals surface area contributed by atoms with Crippen molar-refractivity contribution in [3.63, 3.8) is 0 Å². The van der Waals surface area contributed by atoms with Crippen LogP contribution in [0.2, 0.25) is 5.02 Å². The molecule has 0 saturated carbocycles. The monoisotopic (exact) mass is 302 g/mol. The van der Waals surface area contributed by atoms with Crippen LogP contribution in [0, 0.1) is 12.8 Å². The highest BCUT2D eigenvalue weighted by Crippen LogP contribution is 2.30. The van der Waals surface area contributed by atoms with Gasteiger partial charge in [-0.15, -0.1) is 0 Å². The molecule has 1 aliphatic rings. The molecule has 1 aromatic heterocycles. The summed E-state index contributed by atoms with van der Waals surface area (Å²) in [7, 11) is 0. The predicted octanol–water partition coefficient (Wildman–Crippen LogP) is 3.85. The lowest BCUT2D eigenvalue weighted by Gasteiger charge is -2.23. The van der Waals surface area contributed by atoms with Crippen LogP contribution < -0.4 is 0 Å². The molecule has 0 saturated heterocycles. The Morgan fingerprint density at radius 2 is 2.14 bits per heavy atom. The number of hydrogen-bond donors (Lipinski definition) is 0. The maximum Gasteiger partial charge on any atom is 0.166 e. The Kier molecular flexibility index (Phi) is 3.85. The molecule has 0 fully saturated rings. The summed E-state index contributed by atoms with van der Waals surface area (Å²) >= 11 is 6.37. The van der Waals surface area contributed by atoms with Crippen molar-refractivity contribution in [1.29, 1.82) is 0 Å². The van der Waals surface area contributed by atoms with Gasteiger partial charge in [0.1, 0.15) is 0 Å². The quantitative estimate of drug-likeness (QED) is 0.863. The molecule has 0 bridgehead atoms. The number of rotatable bonds is 3. The number of aryl methyl sites for hydroxylation is 3. The molecule has 0 spiro atoms. The number of fused-ring (bicyclic) bond motifs is 1. The zero-order chi connectivity index (χ0) is 15.0. The molecular formula is C17H19ClN2O. The molecule has 3 nitrogen and oxygen atoms in total. The normalized spacial score (nSPS) is 17.9. The summed E-state index contributed by atoms with van der Waals surface area (Å²) in [5.74, 6) is 0.258. The van der Waals surface area contributed by atoms with Gasteiger partial charge in [-0.05, 0) is 32.3 Å². The number of ketones is 1. The minimum Gasteiger partial charge on any atom is -0.294 e. The summed E-state index contributed by atoms with van der Waals surface area (Å²) in [6, 6.07) is 7.93. The van der Waals surface area contributed by atoms with E-state index in [0.29, 0.717) is 11.4 Å². The highest BCUT2D eigenvalue weighted by molar-refractivity contribution is 6.31. The maximum absolute atomic E-state index is 12.7. The Labute approximate surface area is 129 Å². The van der Waals surface area contributed by atoms with E-state index in [2.05, 4.69) is 11.2 Å². The van der Waals surface area contributed by atoms with Crippen LogP contribution in [0.4, 0.5) is 0 Å². The van der Waals surface area contributed by atoms with Gasteiger partial charge in [-0.25, -0.2) is 0 Å². The SMILES string of the molecule is CCn1nc(C)c(Cl)c1CC1CCc2ccccc2C1=O. The summed E-state index contributed by atoms with van der Waals surface area (Å²) in [6.07, 6.45) is 2.53. The lowest BCUT2D eigenvalue weighted by atomic mass is 9.80. The van der Waals surface area contributed by atoms with Crippen LogP contribution in [0.15, 0.2) is 24.3 Å². The van der Waals surface area contributed by atoms with Crippen LogP contribution in [0.25, 0.3) is 0 Å². The smallest absolute Gasteiger partial charge is 0.166 e. The Balaban J connectivity index is 1.89. The van der Waals surface area contributed by atoms with E-state index in [0.717, 1.165) is 36.3 Å². The van der Waals surface area contributed by atoms with Crippen LogP contribution in [0.1, 0.15) is 40.7 Å². The zero-order valence-electron chi connectivity index (χ0n) is 12.4. The largest absolute Gasteiger partial charge is 0.294 e. The lowest BCUT2D eigenvalue weighted by molar-refractivity contribution is 0.0900. The maximum atomic E-state index is 12.7. The standard InChI is InChI=1S/C17H19ClN2O/c1-3-20-15(16(18)11(2)19-20)10-13-9-8-12-6-4-5-7-14(12)17(13)21/h4-7,13H,3,8-10H2,1-2H3. The molecule has 0 amide bonds. The van der Waals surface area contributed by atoms with Crippen molar-refractivity contribution in [2.24, 2.45) is 5.92 Å². The Morgan fingerprint density at radius 1 is 1.38 bits per heavy atom. The zero-order valence-corrected chi connectivity index (χ0v) is 13.2. The van der Waals surface area contributed by atoms with E-state index in [-0.39, 0.29) is 11.7 Å². The Morgan fingerprint density at radius 3 is 2.90 bits per heavy atom. The molecule has 0 aliphatic heterocycles. The molecule has 3 rings (SSSR count). The molecule has 1 heterocycles. The van der Waals surface area contributed by atoms with Gasteiger partial charge >= 0.3 is 0 Å². The van der Waals surface area contributed by atoms with E-state index in [1.807, 2.05) is 36.7 Å². The summed E-state index contributed by atoms with van der Waals surface area (Å²) in [5.41, 5.74) is 3.89. The number of hydrogen-bond acceptors (Lipinski definition) is 2. The van der Waals surface area contributed by atoms with Crippen LogP contribution in [-0.4, -0.2) is 15.6 Å². The van der Waals surface area contributed by atoms with E-state index in [9.17, 15) is 4.79 Å². The van der Waals surface area contributed by atoms with Gasteiger partial charge in [-0.3, -0.25) is 9.48 Å². The van der Waals surface area contributed by atoms with Crippen molar-refractivity contribution < 1.29 is 4.79 Å². The summed E-state index contributed by atoms with van der Waals surface area (Å²) in [4.78, 5) is 12.7. The third-order valence-electron chi connectivity index (χ3n) is 4.31. The van der Waals surface area contributed by atoms with Crippen molar-refractivity contribution >= 4 is 17.4 Å². The van der Waals surface area contributed by atoms with Gasteiger partial charge in [-0.1, -0.05) is 35.9 Å². The van der Waals surface area contributed by atoms with Crippen LogP contribution in [0.5, 0.6) is 0 Å². The number of nitrogens with zero attached hydrogens (tertiary/aromatic N) is 2. The van der Waals surface area contributed by atoms with Gasteiger partial charge in [0, 0.05) is 24.4 Å². The van der Waals surface area contributed by atoms with Crippen LogP contribution in [0.3, 0.4) is 0 Å². The van der Waals surface area contributed by atoms with Crippen LogP contribution in [-0.2, 0) is 19.4 Å². The summed E-state index contributed by atoms with van der Waals surface area (Å²) < 4.78 is 1.92. The highest BCUT2D eigenvalue weighted by atomic mass is 35.5. The third-order valence-corrected chi connectivity index (χ3v) is 4.80. The Hall–Kier alpha value is -1.61. The molecular weight excluding hydrogens is 284 g/mol. The molecule has 1 atom stereocenters. The average molecular weight is 303 g/mol. The minimum atomic E-state index is 0.0128. The highest BCUT2D eigenvalue weighted by Gasteiger charge is 2.29. The van der Waals surface area contributed by atoms with Crippen molar-refractivity contribution in [3.8, 4) is 0 Å². The molecule has 1 unspecified atom stereocenters. The van der Waals surface area contributed by atoms with Crippen molar-refractivity contribution in [1.82, 2.24) is 9.78 Å². The number of carbonyl (C=O) groups excluding carboxylic acids is 1. The average Bonchev–Trinajstić information content (AvgIpc) is 2.78. The van der Waals surface area contributed by atoms with E-state index >= 15 is 0 Å². The van der Waals surface area contributed by atoms with Crippen molar-refractivity contribution in [3.05, 3.63) is 51.8 Å². The first-order chi connectivity index (χ1) is 10.1. The van der Waals surface area contributed by atoms with Gasteiger partial charge < -0.3 is 0 Å². The van der Waals surface area contributed by atoms with Crippen LogP contribution >= 0.6 is 11.6 Å². The molecule has 1 aromatic carbocycles. The molecule has 110 valence electrons. The van der Waals surface area contributed by atoms with Crippen molar-refractivity contribution in [2.75, 3.05) is 0 Å². The first-order valence-electron chi connectivity index (χ1n) is 7.45. The second-order valence-corrected chi connectivity index (χ2v) is 6.00. The first kappa shape index (κ1) is 14.3. The molecule has 0 N–H and O–H groups in total. The van der Waals surface area contributed by atoms with Gasteiger partial charge in [-0.2, -0.15) is 5.10 Å². The first-order valence-corrected chi connectivity index (χ1v) is 7.83. The molecule has 21 heavy (non-hydrogen) atoms. The number of halogens is 1. The summed E-state index contributed by atoms with van der Waals surface area (Å²) in [5, 5.41) is 5.15. The fourth-order valence-corrected chi connectivity index (χ4v) is 3.36. The second kappa shape index (κ2) is 5.64. The molecule has 0 radical (unpaired) electrons. The predicted molar refractivity (Wildman–Crippen MR) is 83.9 cm³/mol. The minimum absolute atomic E-state index is 0.0128. The topological polar surface area (TPSA) is 34.9 Å². The molecule has 1 aliphatic carbocycles. The fourth-order valence-electron chi connectivity index (χ4n) is 3.15. The molecule has 4 heteroatoms. The summed E-state index contributed by atoms with van der Waals surface area (Å²) in [6.45, 7) is 4.74. The van der Waals surface area contributed by atoms with Gasteiger partial charge in [0.25, 0.3) is 0 Å². The molecule has 2 aromatic rings. The van der Waals surface area contributed by atoms with E-state index in [4.69, 9.17) is 11.6 Å². The third kappa shape index (κ3) is 2.51. The van der Waals surface area contributed by atoms with E-state index in [1.54, 1.807) is 0 Å². The second-order valence-electron chi connectivity index (χ2n) is 5.62. The number of benzene rings is 1. The lowest BCUT2D eigenvalue weighted by Crippen LogP contribution is -2.25. The number of Topliss-reactive ketones (excluding diaryl/α,β-unsaturated/α-hetero) is 1. The van der Waals surface area contributed by atoms with Gasteiger partial charge in [0.2, 0.25) is 0 Å². The van der Waals surface area contributed by atoms with Gasteiger partial charge in [0.05, 0.1) is 16.4 Å². The van der Waals surface area contributed by atoms with E-state index < -0.39 is 0 Å². The van der Waals surface area contributed by atoms with Gasteiger partial charge in [0.15, 0.2) is 5.78 Å². The number of aromatic nitrogens is 2.